The summed E-state index contributed by atoms with van der Waals surface area (Å²) < 4.78 is 5.36. The van der Waals surface area contributed by atoms with E-state index in [2.05, 4.69) is 17.0 Å². The summed E-state index contributed by atoms with van der Waals surface area (Å²) >= 11 is 0. The fraction of sp³-hybridized carbons (Fsp3) is 0.632. The second kappa shape index (κ2) is 7.45. The van der Waals surface area contributed by atoms with Gasteiger partial charge in [0.15, 0.2) is 0 Å². The molecule has 1 unspecified atom stereocenters. The Labute approximate surface area is 139 Å². The van der Waals surface area contributed by atoms with Crippen molar-refractivity contribution in [2.24, 2.45) is 0 Å². The van der Waals surface area contributed by atoms with Gasteiger partial charge in [0.25, 0.3) is 0 Å². The number of carbonyl (C=O) groups is 1. The molecule has 0 aliphatic carbocycles. The van der Waals surface area contributed by atoms with Crippen LogP contribution in [-0.2, 0) is 16.1 Å². The first-order chi connectivity index (χ1) is 10.8. The molecule has 0 saturated carbocycles. The molecule has 0 aromatic heterocycles. The van der Waals surface area contributed by atoms with Crippen molar-refractivity contribution in [1.29, 1.82) is 0 Å². The van der Waals surface area contributed by atoms with Crippen LogP contribution < -0.4 is 0 Å². The number of benzene rings is 1. The molecule has 1 fully saturated rings. The van der Waals surface area contributed by atoms with E-state index in [1.165, 1.54) is 5.56 Å². The lowest BCUT2D eigenvalue weighted by Crippen LogP contribution is -2.36. The van der Waals surface area contributed by atoms with Crippen molar-refractivity contribution in [3.8, 4) is 0 Å². The van der Waals surface area contributed by atoms with Crippen LogP contribution in [0.3, 0.4) is 0 Å². The number of hydrogen-bond acceptors (Lipinski definition) is 4. The third-order valence-electron chi connectivity index (χ3n) is 4.15. The highest BCUT2D eigenvalue weighted by atomic mass is 16.6. The first-order valence-electron chi connectivity index (χ1n) is 8.46. The van der Waals surface area contributed by atoms with E-state index < -0.39 is 11.2 Å². The number of hydrogen-bond donors (Lipinski definition) is 1. The van der Waals surface area contributed by atoms with Crippen molar-refractivity contribution in [3.63, 3.8) is 0 Å². The summed E-state index contributed by atoms with van der Waals surface area (Å²) in [5, 5.41) is 10.8. The molecule has 23 heavy (non-hydrogen) atoms. The van der Waals surface area contributed by atoms with Crippen LogP contribution in [0, 0.1) is 0 Å². The maximum absolute atomic E-state index is 12.0. The lowest BCUT2D eigenvalue weighted by atomic mass is 9.91. The van der Waals surface area contributed by atoms with Crippen LogP contribution in [0.4, 0.5) is 0 Å². The minimum Gasteiger partial charge on any atom is -0.460 e. The van der Waals surface area contributed by atoms with Crippen LogP contribution in [0.2, 0.25) is 0 Å². The van der Waals surface area contributed by atoms with Gasteiger partial charge in [-0.05, 0) is 52.1 Å². The highest BCUT2D eigenvalue weighted by molar-refractivity contribution is 5.71. The molecule has 0 bridgehead atoms. The Morgan fingerprint density at radius 1 is 1.22 bits per heavy atom. The van der Waals surface area contributed by atoms with Crippen molar-refractivity contribution in [2.75, 3.05) is 13.1 Å². The third-order valence-corrected chi connectivity index (χ3v) is 4.15. The predicted molar refractivity (Wildman–Crippen MR) is 91.0 cm³/mol. The smallest absolute Gasteiger partial charge is 0.309 e. The molecule has 0 radical (unpaired) electrons. The second-order valence-electron chi connectivity index (χ2n) is 7.60. The number of nitrogens with zero attached hydrogens (tertiary/aromatic N) is 1. The van der Waals surface area contributed by atoms with E-state index >= 15 is 0 Å². The highest BCUT2D eigenvalue weighted by Gasteiger charge is 2.34. The van der Waals surface area contributed by atoms with Crippen LogP contribution in [0.15, 0.2) is 30.3 Å². The summed E-state index contributed by atoms with van der Waals surface area (Å²) in [5.41, 5.74) is -0.157. The molecular weight excluding hydrogens is 290 g/mol. The van der Waals surface area contributed by atoms with E-state index in [0.717, 1.165) is 26.1 Å². The molecule has 4 nitrogen and oxygen atoms in total. The Bertz CT molecular complexity index is 509. The summed E-state index contributed by atoms with van der Waals surface area (Å²) in [6.45, 7) is 8.19. The molecule has 128 valence electrons. The normalized spacial score (nSPS) is 23.3. The van der Waals surface area contributed by atoms with Gasteiger partial charge in [0.2, 0.25) is 0 Å². The first kappa shape index (κ1) is 18.0. The lowest BCUT2D eigenvalue weighted by molar-refractivity contribution is -0.160. The van der Waals surface area contributed by atoms with E-state index in [0.29, 0.717) is 12.8 Å². The zero-order chi connectivity index (χ0) is 16.9. The zero-order valence-electron chi connectivity index (χ0n) is 14.5. The Morgan fingerprint density at radius 2 is 1.91 bits per heavy atom. The van der Waals surface area contributed by atoms with Crippen molar-refractivity contribution < 1.29 is 14.6 Å². The molecule has 4 heteroatoms. The fourth-order valence-electron chi connectivity index (χ4n) is 3.06. The van der Waals surface area contributed by atoms with Crippen LogP contribution in [0.25, 0.3) is 0 Å². The molecule has 1 aromatic rings. The maximum Gasteiger partial charge on any atom is 0.309 e. The van der Waals surface area contributed by atoms with Crippen molar-refractivity contribution >= 4 is 5.97 Å². The van der Waals surface area contributed by atoms with Gasteiger partial charge in [-0.25, -0.2) is 0 Å². The Morgan fingerprint density at radius 3 is 2.57 bits per heavy atom. The van der Waals surface area contributed by atoms with Crippen LogP contribution in [-0.4, -0.2) is 40.3 Å². The van der Waals surface area contributed by atoms with Gasteiger partial charge in [-0.15, -0.1) is 0 Å². The molecule has 1 N–H and O–H groups in total. The van der Waals surface area contributed by atoms with Gasteiger partial charge < -0.3 is 9.84 Å². The molecule has 1 aromatic carbocycles. The van der Waals surface area contributed by atoms with Gasteiger partial charge in [-0.3, -0.25) is 9.69 Å². The Kier molecular flexibility index (Phi) is 5.82. The summed E-state index contributed by atoms with van der Waals surface area (Å²) in [5.74, 6) is -0.309. The Hall–Kier alpha value is -1.39. The topological polar surface area (TPSA) is 49.8 Å². The van der Waals surface area contributed by atoms with Crippen molar-refractivity contribution in [1.82, 2.24) is 4.90 Å². The molecule has 1 heterocycles. The number of esters is 1. The molecule has 1 atom stereocenters. The molecule has 2 rings (SSSR count). The van der Waals surface area contributed by atoms with Crippen molar-refractivity contribution in [3.05, 3.63) is 35.9 Å². The van der Waals surface area contributed by atoms with Crippen LogP contribution in [0.1, 0.15) is 52.0 Å². The quantitative estimate of drug-likeness (QED) is 0.866. The van der Waals surface area contributed by atoms with Crippen molar-refractivity contribution in [2.45, 2.75) is 64.2 Å². The predicted octanol–water partition coefficient (Wildman–Crippen LogP) is 3.14. The molecule has 1 saturated heterocycles. The van der Waals surface area contributed by atoms with E-state index in [-0.39, 0.29) is 12.4 Å². The standard InChI is InChI=1S/C19H29NO3/c1-18(2,3)23-17(21)14-19(22)10-7-12-20(13-11-19)15-16-8-5-4-6-9-16/h4-6,8-9,22H,7,10-15H2,1-3H3. The summed E-state index contributed by atoms with van der Waals surface area (Å²) in [7, 11) is 0. The monoisotopic (exact) mass is 319 g/mol. The average molecular weight is 319 g/mol. The second-order valence-corrected chi connectivity index (χ2v) is 7.60. The third kappa shape index (κ3) is 6.32. The largest absolute Gasteiger partial charge is 0.460 e. The van der Waals surface area contributed by atoms with E-state index in [4.69, 9.17) is 4.74 Å². The minimum absolute atomic E-state index is 0.0868. The zero-order valence-corrected chi connectivity index (χ0v) is 14.5. The minimum atomic E-state index is -0.937. The highest BCUT2D eigenvalue weighted by Crippen LogP contribution is 2.27. The van der Waals surface area contributed by atoms with Crippen LogP contribution >= 0.6 is 0 Å². The van der Waals surface area contributed by atoms with Gasteiger partial charge in [0.05, 0.1) is 12.0 Å². The first-order valence-corrected chi connectivity index (χ1v) is 8.46. The molecule has 0 amide bonds. The van der Waals surface area contributed by atoms with E-state index in [1.807, 2.05) is 39.0 Å². The fourth-order valence-corrected chi connectivity index (χ4v) is 3.06. The maximum atomic E-state index is 12.0. The van der Waals surface area contributed by atoms with E-state index in [9.17, 15) is 9.90 Å². The SMILES string of the molecule is CC(C)(C)OC(=O)CC1(O)CCCN(Cc2ccccc2)CC1. The number of rotatable bonds is 4. The van der Waals surface area contributed by atoms with Gasteiger partial charge >= 0.3 is 5.97 Å². The molecule has 1 aliphatic rings. The molecule has 0 spiro atoms. The number of carbonyl (C=O) groups excluding carboxylic acids is 1. The average Bonchev–Trinajstić information content (AvgIpc) is 2.60. The molecule has 1 aliphatic heterocycles. The number of likely N-dealkylation sites (tertiary alicyclic amines) is 1. The van der Waals surface area contributed by atoms with Gasteiger partial charge in [-0.1, -0.05) is 30.3 Å². The number of aliphatic hydroxyl groups is 1. The van der Waals surface area contributed by atoms with Gasteiger partial charge in [0.1, 0.15) is 5.60 Å². The van der Waals surface area contributed by atoms with Crippen LogP contribution in [0.5, 0.6) is 0 Å². The van der Waals surface area contributed by atoms with Gasteiger partial charge in [-0.2, -0.15) is 0 Å². The summed E-state index contributed by atoms with van der Waals surface area (Å²) in [4.78, 5) is 14.4. The Balaban J connectivity index is 1.88. The molecular formula is C19H29NO3. The lowest BCUT2D eigenvalue weighted by Gasteiger charge is -2.28. The van der Waals surface area contributed by atoms with Gasteiger partial charge in [0, 0.05) is 13.1 Å². The number of ether oxygens (including phenoxy) is 1. The summed E-state index contributed by atoms with van der Waals surface area (Å²) in [6, 6.07) is 10.4. The van der Waals surface area contributed by atoms with E-state index in [1.54, 1.807) is 0 Å². The summed E-state index contributed by atoms with van der Waals surface area (Å²) in [6.07, 6.45) is 2.24.